The highest BCUT2D eigenvalue weighted by molar-refractivity contribution is 6.31. The number of nitrogens with one attached hydrogen (secondary N) is 1. The summed E-state index contributed by atoms with van der Waals surface area (Å²) < 4.78 is 17.2. The maximum Gasteiger partial charge on any atom is 0.220 e. The lowest BCUT2D eigenvalue weighted by Gasteiger charge is -2.43. The van der Waals surface area contributed by atoms with Crippen molar-refractivity contribution >= 4 is 29.0 Å². The van der Waals surface area contributed by atoms with Crippen molar-refractivity contribution in [2.45, 2.75) is 82.2 Å². The number of ketones is 4. The van der Waals surface area contributed by atoms with Gasteiger partial charge in [-0.15, -0.1) is 0 Å². The van der Waals surface area contributed by atoms with Crippen molar-refractivity contribution in [3.05, 3.63) is 51.6 Å². The summed E-state index contributed by atoms with van der Waals surface area (Å²) in [6.07, 6.45) is -6.18. The number of aliphatic hydroxyl groups excluding tert-OH is 2. The number of benzene rings is 2. The molecule has 246 valence electrons. The Labute approximate surface area is 262 Å². The number of ether oxygens (including phenoxy) is 3. The maximum absolute atomic E-state index is 13.8. The molecule has 46 heavy (non-hydrogen) atoms. The van der Waals surface area contributed by atoms with Crippen LogP contribution in [0.3, 0.4) is 0 Å². The number of aromatic hydroxyl groups is 2. The molecule has 1 heterocycles. The van der Waals surface area contributed by atoms with E-state index in [1.54, 1.807) is 0 Å². The zero-order valence-electron chi connectivity index (χ0n) is 25.4. The Kier molecular flexibility index (Phi) is 9.03. The van der Waals surface area contributed by atoms with Crippen LogP contribution in [-0.4, -0.2) is 98.4 Å². The minimum atomic E-state index is -2.33. The van der Waals surface area contributed by atoms with Gasteiger partial charge in [-0.2, -0.15) is 0 Å². The van der Waals surface area contributed by atoms with E-state index in [0.717, 1.165) is 0 Å². The predicted molar refractivity (Wildman–Crippen MR) is 156 cm³/mol. The summed E-state index contributed by atoms with van der Waals surface area (Å²) in [5, 5.41) is 57.5. The molecule has 14 heteroatoms. The molecule has 0 radical (unpaired) electrons. The van der Waals surface area contributed by atoms with Gasteiger partial charge in [-0.25, -0.2) is 0 Å². The third-order valence-corrected chi connectivity index (χ3v) is 8.81. The molecule has 0 unspecified atom stereocenters. The molecule has 1 amide bonds. The summed E-state index contributed by atoms with van der Waals surface area (Å²) >= 11 is 0. The summed E-state index contributed by atoms with van der Waals surface area (Å²) in [6, 6.07) is 3.40. The van der Waals surface area contributed by atoms with Crippen molar-refractivity contribution in [1.29, 1.82) is 0 Å². The van der Waals surface area contributed by atoms with E-state index in [1.165, 1.54) is 39.2 Å². The fourth-order valence-corrected chi connectivity index (χ4v) is 6.43. The van der Waals surface area contributed by atoms with Crippen LogP contribution in [0.1, 0.15) is 88.6 Å². The first-order valence-corrected chi connectivity index (χ1v) is 14.7. The molecule has 0 bridgehead atoms. The molecule has 0 saturated carbocycles. The fraction of sp³-hybridized carbons (Fsp3) is 0.469. The van der Waals surface area contributed by atoms with Crippen LogP contribution in [0.25, 0.3) is 0 Å². The second kappa shape index (κ2) is 12.5. The van der Waals surface area contributed by atoms with E-state index in [-0.39, 0.29) is 53.0 Å². The molecule has 1 aliphatic heterocycles. The second-order valence-corrected chi connectivity index (χ2v) is 11.9. The number of carbonyl (C=O) groups is 5. The SMILES string of the molecule is COc1cccc2c1C(=O)c1c(O)c3c(c(O)c1C2=O)C[C@@](O)(C(=O)CO)C[C@@H]3O[C@H]1C[C@H](NC(=O)CCC(C)=O)[C@H](O)[C@H](C)O1. The number of hydrogen-bond acceptors (Lipinski definition) is 13. The normalized spacial score (nSPS) is 26.9. The Morgan fingerprint density at radius 3 is 2.41 bits per heavy atom. The van der Waals surface area contributed by atoms with E-state index >= 15 is 0 Å². The Hall–Kier alpha value is -4.21. The van der Waals surface area contributed by atoms with Crippen molar-refractivity contribution in [3.63, 3.8) is 0 Å². The highest BCUT2D eigenvalue weighted by atomic mass is 16.7. The zero-order chi connectivity index (χ0) is 33.7. The summed E-state index contributed by atoms with van der Waals surface area (Å²) in [4.78, 5) is 64.0. The second-order valence-electron chi connectivity index (χ2n) is 11.9. The van der Waals surface area contributed by atoms with Gasteiger partial charge in [0.2, 0.25) is 11.7 Å². The Morgan fingerprint density at radius 2 is 1.76 bits per heavy atom. The number of carbonyl (C=O) groups excluding carboxylic acids is 5. The van der Waals surface area contributed by atoms with E-state index in [1.807, 2.05) is 0 Å². The minimum absolute atomic E-state index is 0.00161. The summed E-state index contributed by atoms with van der Waals surface area (Å²) in [5.41, 5.74) is -4.02. The van der Waals surface area contributed by atoms with Gasteiger partial charge in [-0.05, 0) is 19.9 Å². The highest BCUT2D eigenvalue weighted by Crippen LogP contribution is 2.52. The standard InChI is InChI=1S/C32H35NO13/c1-13(35)7-8-21(37)33-17-9-22(45-14(2)27(17)38)46-19-11-32(43,20(36)12-34)10-16-24(19)31(42)26-25(29(16)40)28(39)15-5-4-6-18(44-3)23(15)30(26)41/h4-6,14,17,19,22,27,34,38,40,42-43H,7-12H2,1-3H3,(H,33,37)/t14-,17-,19-,22-,27+,32-/m0/s1. The average molecular weight is 642 g/mol. The third-order valence-electron chi connectivity index (χ3n) is 8.81. The molecular formula is C32H35NO13. The first kappa shape index (κ1) is 33.2. The summed E-state index contributed by atoms with van der Waals surface area (Å²) in [6.45, 7) is 1.79. The Balaban J connectivity index is 1.57. The molecule has 2 aliphatic carbocycles. The minimum Gasteiger partial charge on any atom is -0.507 e. The number of hydrogen-bond donors (Lipinski definition) is 6. The molecule has 0 aromatic heterocycles. The first-order chi connectivity index (χ1) is 21.7. The van der Waals surface area contributed by atoms with Gasteiger partial charge in [0.05, 0.1) is 42.0 Å². The number of amides is 1. The van der Waals surface area contributed by atoms with E-state index < -0.39 is 102 Å². The summed E-state index contributed by atoms with van der Waals surface area (Å²) in [5.74, 6) is -4.74. The Morgan fingerprint density at radius 1 is 1.07 bits per heavy atom. The number of rotatable bonds is 9. The van der Waals surface area contributed by atoms with Crippen LogP contribution in [0.2, 0.25) is 0 Å². The molecule has 6 atom stereocenters. The average Bonchev–Trinajstić information content (AvgIpc) is 3.01. The van der Waals surface area contributed by atoms with Gasteiger partial charge < -0.3 is 49.9 Å². The van der Waals surface area contributed by atoms with Gasteiger partial charge in [0, 0.05) is 48.8 Å². The molecule has 2 aromatic rings. The molecule has 1 saturated heterocycles. The van der Waals surface area contributed by atoms with Gasteiger partial charge in [-0.3, -0.25) is 19.2 Å². The highest BCUT2D eigenvalue weighted by Gasteiger charge is 2.50. The molecule has 14 nitrogen and oxygen atoms in total. The number of phenols is 2. The van der Waals surface area contributed by atoms with Gasteiger partial charge >= 0.3 is 0 Å². The molecule has 2 aromatic carbocycles. The first-order valence-electron chi connectivity index (χ1n) is 14.7. The van der Waals surface area contributed by atoms with E-state index in [9.17, 15) is 49.5 Å². The number of phenolic OH excluding ortho intramolecular Hbond substituents is 2. The van der Waals surface area contributed by atoms with Gasteiger partial charge in [-0.1, -0.05) is 12.1 Å². The number of methoxy groups -OCH3 is 1. The van der Waals surface area contributed by atoms with Crippen molar-refractivity contribution in [1.82, 2.24) is 5.32 Å². The lowest BCUT2D eigenvalue weighted by atomic mass is 9.72. The largest absolute Gasteiger partial charge is 0.507 e. The summed E-state index contributed by atoms with van der Waals surface area (Å²) in [7, 11) is 1.30. The van der Waals surface area contributed by atoms with Crippen LogP contribution < -0.4 is 10.1 Å². The van der Waals surface area contributed by atoms with Gasteiger partial charge in [0.1, 0.15) is 41.3 Å². The quantitative estimate of drug-likeness (QED) is 0.176. The molecule has 6 N–H and O–H groups in total. The monoisotopic (exact) mass is 641 g/mol. The van der Waals surface area contributed by atoms with Crippen molar-refractivity contribution in [3.8, 4) is 17.2 Å². The lowest BCUT2D eigenvalue weighted by molar-refractivity contribution is -0.249. The Bertz CT molecular complexity index is 1630. The molecular weight excluding hydrogens is 606 g/mol. The number of aliphatic hydroxyl groups is 3. The van der Waals surface area contributed by atoms with Crippen molar-refractivity contribution in [2.24, 2.45) is 0 Å². The molecule has 3 aliphatic rings. The molecule has 0 spiro atoms. The van der Waals surface area contributed by atoms with Crippen LogP contribution in [0.4, 0.5) is 0 Å². The van der Waals surface area contributed by atoms with Gasteiger partial charge in [0.25, 0.3) is 0 Å². The van der Waals surface area contributed by atoms with E-state index in [4.69, 9.17) is 14.2 Å². The zero-order valence-corrected chi connectivity index (χ0v) is 25.4. The van der Waals surface area contributed by atoms with Gasteiger partial charge in [0.15, 0.2) is 17.9 Å². The molecule has 1 fully saturated rings. The predicted octanol–water partition coefficient (Wildman–Crippen LogP) is 0.528. The lowest BCUT2D eigenvalue weighted by Crippen LogP contribution is -2.55. The van der Waals surface area contributed by atoms with Crippen LogP contribution in [0.15, 0.2) is 18.2 Å². The maximum atomic E-state index is 13.8. The fourth-order valence-electron chi connectivity index (χ4n) is 6.43. The van der Waals surface area contributed by atoms with Crippen molar-refractivity contribution in [2.75, 3.05) is 13.7 Å². The molecule has 5 rings (SSSR count). The number of fused-ring (bicyclic) bond motifs is 3. The van der Waals surface area contributed by atoms with Crippen LogP contribution in [0, 0.1) is 0 Å². The smallest absolute Gasteiger partial charge is 0.220 e. The van der Waals surface area contributed by atoms with Crippen molar-refractivity contribution < 1.29 is 63.7 Å². The topological polar surface area (TPSA) is 226 Å². The van der Waals surface area contributed by atoms with E-state index in [0.29, 0.717) is 0 Å². The van der Waals surface area contributed by atoms with Crippen LogP contribution in [0.5, 0.6) is 17.2 Å². The van der Waals surface area contributed by atoms with E-state index in [2.05, 4.69) is 5.32 Å². The van der Waals surface area contributed by atoms with Crippen LogP contribution >= 0.6 is 0 Å². The number of Topliss-reactive ketones (excluding diaryl/α,β-unsaturated/α-hetero) is 2. The third kappa shape index (κ3) is 5.67. The van der Waals surface area contributed by atoms with Crippen LogP contribution in [-0.2, 0) is 30.3 Å².